The van der Waals surface area contributed by atoms with Crippen molar-refractivity contribution in [2.45, 2.75) is 10.8 Å². The first-order valence-electron chi connectivity index (χ1n) is 30.8. The highest BCUT2D eigenvalue weighted by molar-refractivity contribution is 6.11. The Kier molecular flexibility index (Phi) is 12.3. The Balaban J connectivity index is 0.938. The van der Waals surface area contributed by atoms with Crippen molar-refractivity contribution in [2.75, 3.05) is 9.80 Å². The van der Waals surface area contributed by atoms with Crippen LogP contribution in [0, 0.1) is 0 Å². The number of aromatic nitrogens is 1. The summed E-state index contributed by atoms with van der Waals surface area (Å²) in [6.45, 7) is 0. The molecule has 2 aliphatic rings. The predicted octanol–water partition coefficient (Wildman–Crippen LogP) is 22.1. The topological polar surface area (TPSA) is 11.4 Å². The molecule has 3 nitrogen and oxygen atoms in total. The van der Waals surface area contributed by atoms with Crippen LogP contribution in [0.3, 0.4) is 0 Å². The van der Waals surface area contributed by atoms with Crippen LogP contribution in [0.4, 0.5) is 34.1 Å². The molecule has 0 bridgehead atoms. The van der Waals surface area contributed by atoms with Crippen LogP contribution in [-0.4, -0.2) is 4.57 Å². The second-order valence-electron chi connectivity index (χ2n) is 23.5. The Labute approximate surface area is 519 Å². The molecule has 0 radical (unpaired) electrons. The van der Waals surface area contributed by atoms with E-state index in [0.29, 0.717) is 0 Å². The fourth-order valence-corrected chi connectivity index (χ4v) is 15.2. The molecule has 17 rings (SSSR count). The first-order chi connectivity index (χ1) is 44.2. The molecule has 14 aromatic carbocycles. The molecule has 0 aliphatic heterocycles. The zero-order valence-electron chi connectivity index (χ0n) is 48.9. The Morgan fingerprint density at radius 2 is 0.584 bits per heavy atom. The van der Waals surface area contributed by atoms with E-state index in [1.165, 1.54) is 83.1 Å². The minimum Gasteiger partial charge on any atom is -0.310 e. The Morgan fingerprint density at radius 1 is 0.213 bits per heavy atom. The lowest BCUT2D eigenvalue weighted by Crippen LogP contribution is -2.28. The molecule has 0 fully saturated rings. The van der Waals surface area contributed by atoms with Gasteiger partial charge in [-0.15, -0.1) is 0 Å². The monoisotopic (exact) mass is 1130 g/mol. The van der Waals surface area contributed by atoms with Gasteiger partial charge in [0.05, 0.1) is 21.9 Å². The van der Waals surface area contributed by atoms with Gasteiger partial charge >= 0.3 is 0 Å². The van der Waals surface area contributed by atoms with Crippen LogP contribution < -0.4 is 9.80 Å². The van der Waals surface area contributed by atoms with Crippen LogP contribution in [-0.2, 0) is 10.8 Å². The number of fused-ring (bicyclic) bond motifs is 9. The van der Waals surface area contributed by atoms with E-state index in [0.717, 1.165) is 56.5 Å². The van der Waals surface area contributed by atoms with E-state index < -0.39 is 10.8 Å². The summed E-state index contributed by atoms with van der Waals surface area (Å²) in [6.07, 6.45) is 0. The molecule has 0 saturated carbocycles. The van der Waals surface area contributed by atoms with Crippen LogP contribution in [0.2, 0.25) is 0 Å². The third-order valence-electron chi connectivity index (χ3n) is 18.9. The zero-order chi connectivity index (χ0) is 58.9. The van der Waals surface area contributed by atoms with E-state index >= 15 is 0 Å². The maximum absolute atomic E-state index is 2.49. The number of para-hydroxylation sites is 4. The fraction of sp³-hybridized carbons (Fsp3) is 0.0233. The van der Waals surface area contributed by atoms with E-state index in [1.807, 2.05) is 0 Å². The van der Waals surface area contributed by atoms with Crippen molar-refractivity contribution in [1.82, 2.24) is 4.57 Å². The maximum Gasteiger partial charge on any atom is 0.0714 e. The van der Waals surface area contributed by atoms with Gasteiger partial charge in [0.1, 0.15) is 0 Å². The van der Waals surface area contributed by atoms with E-state index in [-0.39, 0.29) is 0 Å². The van der Waals surface area contributed by atoms with Gasteiger partial charge in [-0.25, -0.2) is 0 Å². The SMILES string of the molecule is c1ccc(N(c2cc(-c3ccc4c(c3)c3ccccc3n4-c3ccccc3)cc(N(c3ccccc3)c3ccc4c(c3)C(c3ccccc3)(c3ccccc3)c3ccccc3-4)c2)c2ccc3c(c2)C(c2ccccc2)(c2ccccc2)c2ccccc2-3)cc1. The van der Waals surface area contributed by atoms with Gasteiger partial charge < -0.3 is 14.4 Å². The molecule has 1 heterocycles. The summed E-state index contributed by atoms with van der Waals surface area (Å²) in [5, 5.41) is 2.40. The van der Waals surface area contributed by atoms with Crippen molar-refractivity contribution >= 4 is 55.9 Å². The molecule has 15 aromatic rings. The van der Waals surface area contributed by atoms with Crippen molar-refractivity contribution in [2.24, 2.45) is 0 Å². The highest BCUT2D eigenvalue weighted by atomic mass is 15.2. The predicted molar refractivity (Wildman–Crippen MR) is 370 cm³/mol. The lowest BCUT2D eigenvalue weighted by atomic mass is 9.67. The number of rotatable bonds is 12. The number of anilines is 6. The first kappa shape index (κ1) is 51.9. The normalized spacial score (nSPS) is 13.1. The molecule has 0 unspecified atom stereocenters. The number of nitrogens with zero attached hydrogens (tertiary/aromatic N) is 3. The van der Waals surface area contributed by atoms with Crippen molar-refractivity contribution < 1.29 is 0 Å². The quantitative estimate of drug-likeness (QED) is 0.121. The molecule has 0 N–H and O–H groups in total. The average Bonchev–Trinajstić information content (AvgIpc) is 1.60. The second-order valence-corrected chi connectivity index (χ2v) is 23.5. The van der Waals surface area contributed by atoms with Gasteiger partial charge in [0.15, 0.2) is 0 Å². The summed E-state index contributed by atoms with van der Waals surface area (Å²) in [5.41, 5.74) is 25.7. The van der Waals surface area contributed by atoms with Crippen molar-refractivity contribution in [3.63, 3.8) is 0 Å². The molecular formula is C86H59N3. The van der Waals surface area contributed by atoms with Crippen molar-refractivity contribution in [3.8, 4) is 39.1 Å². The lowest BCUT2D eigenvalue weighted by Gasteiger charge is -2.35. The molecule has 418 valence electrons. The Bertz CT molecular complexity index is 4800. The number of hydrogen-bond donors (Lipinski definition) is 0. The van der Waals surface area contributed by atoms with Crippen LogP contribution in [0.15, 0.2) is 358 Å². The van der Waals surface area contributed by atoms with Crippen LogP contribution in [0.1, 0.15) is 44.5 Å². The van der Waals surface area contributed by atoms with Gasteiger partial charge in [0, 0.05) is 50.6 Å². The van der Waals surface area contributed by atoms with Gasteiger partial charge in [0.2, 0.25) is 0 Å². The summed E-state index contributed by atoms with van der Waals surface area (Å²) in [7, 11) is 0. The summed E-state index contributed by atoms with van der Waals surface area (Å²) in [5.74, 6) is 0. The van der Waals surface area contributed by atoms with Crippen LogP contribution in [0.5, 0.6) is 0 Å². The molecule has 1 aromatic heterocycles. The summed E-state index contributed by atoms with van der Waals surface area (Å²) >= 11 is 0. The van der Waals surface area contributed by atoms with Crippen LogP contribution in [0.25, 0.3) is 60.9 Å². The fourth-order valence-electron chi connectivity index (χ4n) is 15.2. The minimum atomic E-state index is -0.597. The molecular weight excluding hydrogens is 1070 g/mol. The molecule has 0 amide bonds. The van der Waals surface area contributed by atoms with Gasteiger partial charge in [-0.05, 0) is 175 Å². The molecule has 2 aliphatic carbocycles. The minimum absolute atomic E-state index is 0.597. The Morgan fingerprint density at radius 3 is 1.04 bits per heavy atom. The highest BCUT2D eigenvalue weighted by Gasteiger charge is 2.48. The number of hydrogen-bond acceptors (Lipinski definition) is 2. The largest absolute Gasteiger partial charge is 0.310 e. The van der Waals surface area contributed by atoms with E-state index in [9.17, 15) is 0 Å². The summed E-state index contributed by atoms with van der Waals surface area (Å²) in [6, 6.07) is 133. The van der Waals surface area contributed by atoms with E-state index in [1.54, 1.807) is 0 Å². The smallest absolute Gasteiger partial charge is 0.0714 e. The molecule has 3 heteroatoms. The molecule has 0 spiro atoms. The third kappa shape index (κ3) is 8.13. The second kappa shape index (κ2) is 21.2. The van der Waals surface area contributed by atoms with Gasteiger partial charge in [-0.3, -0.25) is 0 Å². The highest BCUT2D eigenvalue weighted by Crippen LogP contribution is 2.60. The number of benzene rings is 14. The summed E-state index contributed by atoms with van der Waals surface area (Å²) in [4.78, 5) is 4.96. The molecule has 0 atom stereocenters. The van der Waals surface area contributed by atoms with Crippen molar-refractivity contribution in [3.05, 3.63) is 402 Å². The maximum atomic E-state index is 2.49. The molecule has 0 saturated heterocycles. The van der Waals surface area contributed by atoms with Crippen LogP contribution >= 0.6 is 0 Å². The zero-order valence-corrected chi connectivity index (χ0v) is 48.9. The van der Waals surface area contributed by atoms with E-state index in [2.05, 4.69) is 372 Å². The van der Waals surface area contributed by atoms with Gasteiger partial charge in [-0.1, -0.05) is 261 Å². The van der Waals surface area contributed by atoms with Gasteiger partial charge in [-0.2, -0.15) is 0 Å². The van der Waals surface area contributed by atoms with Gasteiger partial charge in [0.25, 0.3) is 0 Å². The first-order valence-corrected chi connectivity index (χ1v) is 30.8. The van der Waals surface area contributed by atoms with E-state index in [4.69, 9.17) is 0 Å². The average molecular weight is 1130 g/mol. The van der Waals surface area contributed by atoms with Crippen molar-refractivity contribution in [1.29, 1.82) is 0 Å². The molecule has 89 heavy (non-hydrogen) atoms. The summed E-state index contributed by atoms with van der Waals surface area (Å²) < 4.78 is 2.40. The standard InChI is InChI=1S/C86H59N3/c1-8-28-62(29-9-1)85(63-30-10-2-11-31-63)79-45-25-22-42-73(79)75-51-49-69(58-81(75)85)87(66-36-16-5-17-37-66)71-54-61(60-48-53-84-78(56-60)77-44-24-27-47-83(77)89(84)68-40-20-7-21-41-68)55-72(57-71)88(67-38-18-6-19-39-67)70-50-52-76-74-43-23-26-46-80(74)86(82(76)59-70,64-32-12-3-13-33-64)65-34-14-4-15-35-65/h1-59H. The Hall–Kier alpha value is -11.5. The third-order valence-corrected chi connectivity index (χ3v) is 18.9. The lowest BCUT2D eigenvalue weighted by molar-refractivity contribution is 0.768.